The van der Waals surface area contributed by atoms with E-state index in [4.69, 9.17) is 5.73 Å². The normalized spacial score (nSPS) is 13.9. The highest BCUT2D eigenvalue weighted by molar-refractivity contribution is 5.85. The van der Waals surface area contributed by atoms with Crippen LogP contribution in [0.3, 0.4) is 0 Å². The number of nitrogens with two attached hydrogens (primary N) is 1. The molecule has 0 aromatic heterocycles. The fourth-order valence-electron chi connectivity index (χ4n) is 6.16. The molecule has 3 N–H and O–H groups in total. The molecule has 236 valence electrons. The summed E-state index contributed by atoms with van der Waals surface area (Å²) >= 11 is 0. The Morgan fingerprint density at radius 3 is 1.25 bits per heavy atom. The quantitative estimate of drug-likeness (QED) is 0.0800. The maximum Gasteiger partial charge on any atom is 0.226 e. The lowest BCUT2D eigenvalue weighted by Crippen LogP contribution is -2.32. The molecule has 1 rings (SSSR count). The highest BCUT2D eigenvalue weighted by Crippen LogP contribution is 2.50. The topological polar surface area (TPSA) is 72.2 Å². The lowest BCUT2D eigenvalue weighted by Gasteiger charge is -2.15. The van der Waals surface area contributed by atoms with Gasteiger partial charge in [0.15, 0.2) is 0 Å². The molecule has 40 heavy (non-hydrogen) atoms. The van der Waals surface area contributed by atoms with Crippen molar-refractivity contribution in [1.82, 2.24) is 5.32 Å². The number of carbonyl (C=O) groups excluding carboxylic acids is 2. The van der Waals surface area contributed by atoms with E-state index in [1.165, 1.54) is 154 Å². The van der Waals surface area contributed by atoms with Crippen LogP contribution in [0.25, 0.3) is 0 Å². The zero-order chi connectivity index (χ0) is 29.0. The standard InChI is InChI=1S/C36H70N2O2/c1-2-3-4-5-6-7-8-15-18-21-24-27-30-36(31-32-36)35(40)38-33-28-25-22-19-16-13-11-9-10-12-14-17-20-23-26-29-34(37)39/h2-33H2,1H3,(H2,37,39)(H,38,40). The second-order valence-electron chi connectivity index (χ2n) is 13.2. The van der Waals surface area contributed by atoms with Gasteiger partial charge in [-0.05, 0) is 32.1 Å². The van der Waals surface area contributed by atoms with Gasteiger partial charge in [0, 0.05) is 18.4 Å². The Morgan fingerprint density at radius 1 is 0.525 bits per heavy atom. The van der Waals surface area contributed by atoms with E-state index in [9.17, 15) is 9.59 Å². The van der Waals surface area contributed by atoms with Crippen molar-refractivity contribution in [2.45, 2.75) is 206 Å². The lowest BCUT2D eigenvalue weighted by atomic mass is 9.96. The molecule has 1 aliphatic carbocycles. The molecule has 0 aliphatic heterocycles. The average molecular weight is 563 g/mol. The van der Waals surface area contributed by atoms with E-state index in [0.717, 1.165) is 45.1 Å². The van der Waals surface area contributed by atoms with Gasteiger partial charge in [0.2, 0.25) is 11.8 Å². The monoisotopic (exact) mass is 563 g/mol. The van der Waals surface area contributed by atoms with Crippen LogP contribution < -0.4 is 11.1 Å². The molecular formula is C36H70N2O2. The van der Waals surface area contributed by atoms with Gasteiger partial charge in [-0.25, -0.2) is 0 Å². The Hall–Kier alpha value is -1.06. The van der Waals surface area contributed by atoms with E-state index in [-0.39, 0.29) is 11.3 Å². The Morgan fingerprint density at radius 2 is 0.875 bits per heavy atom. The molecule has 4 heteroatoms. The minimum Gasteiger partial charge on any atom is -0.370 e. The first-order chi connectivity index (χ1) is 19.6. The molecule has 0 bridgehead atoms. The van der Waals surface area contributed by atoms with Crippen LogP contribution in [-0.2, 0) is 9.59 Å². The highest BCUT2D eigenvalue weighted by Gasteiger charge is 2.48. The Balaban J connectivity index is 1.79. The molecule has 2 amide bonds. The lowest BCUT2D eigenvalue weighted by molar-refractivity contribution is -0.126. The molecule has 0 radical (unpaired) electrons. The molecule has 1 saturated carbocycles. The van der Waals surface area contributed by atoms with Gasteiger partial charge in [0.25, 0.3) is 0 Å². The summed E-state index contributed by atoms with van der Waals surface area (Å²) in [6, 6.07) is 0. The van der Waals surface area contributed by atoms with Gasteiger partial charge < -0.3 is 11.1 Å². The molecular weight excluding hydrogens is 492 g/mol. The number of amides is 2. The van der Waals surface area contributed by atoms with E-state index in [2.05, 4.69) is 12.2 Å². The Kier molecular flexibility index (Phi) is 24.8. The molecule has 0 saturated heterocycles. The van der Waals surface area contributed by atoms with E-state index in [1.807, 2.05) is 0 Å². The molecule has 0 aromatic rings. The van der Waals surface area contributed by atoms with Gasteiger partial charge in [-0.3, -0.25) is 9.59 Å². The summed E-state index contributed by atoms with van der Waals surface area (Å²) in [5.74, 6) is 0.198. The van der Waals surface area contributed by atoms with Crippen molar-refractivity contribution in [1.29, 1.82) is 0 Å². The van der Waals surface area contributed by atoms with Crippen LogP contribution in [0.4, 0.5) is 0 Å². The number of hydrogen-bond acceptors (Lipinski definition) is 2. The van der Waals surface area contributed by atoms with Crippen LogP contribution in [0.5, 0.6) is 0 Å². The summed E-state index contributed by atoms with van der Waals surface area (Å²) in [7, 11) is 0. The van der Waals surface area contributed by atoms with Gasteiger partial charge in [-0.2, -0.15) is 0 Å². The Labute approximate surface area is 250 Å². The predicted octanol–water partition coefficient (Wildman–Crippen LogP) is 10.7. The second kappa shape index (κ2) is 26.8. The van der Waals surface area contributed by atoms with Gasteiger partial charge in [0.05, 0.1) is 0 Å². The van der Waals surface area contributed by atoms with Crippen molar-refractivity contribution in [2.75, 3.05) is 6.54 Å². The second-order valence-corrected chi connectivity index (χ2v) is 13.2. The summed E-state index contributed by atoms with van der Waals surface area (Å²) in [6.07, 6.45) is 39.8. The third kappa shape index (κ3) is 22.6. The highest BCUT2D eigenvalue weighted by atomic mass is 16.2. The SMILES string of the molecule is CCCCCCCCCCCCCCC1(C(=O)NCCCCCCCCCCCCCCCCCC(N)=O)CC1. The molecule has 0 atom stereocenters. The zero-order valence-corrected chi connectivity index (χ0v) is 27.0. The number of nitrogens with one attached hydrogen (secondary N) is 1. The summed E-state index contributed by atoms with van der Waals surface area (Å²) in [5, 5.41) is 3.28. The van der Waals surface area contributed by atoms with Crippen molar-refractivity contribution < 1.29 is 9.59 Å². The smallest absolute Gasteiger partial charge is 0.226 e. The van der Waals surface area contributed by atoms with E-state index in [1.54, 1.807) is 0 Å². The van der Waals surface area contributed by atoms with Crippen LogP contribution in [0.2, 0.25) is 0 Å². The van der Waals surface area contributed by atoms with Crippen LogP contribution in [0, 0.1) is 5.41 Å². The van der Waals surface area contributed by atoms with Crippen molar-refractivity contribution >= 4 is 11.8 Å². The molecule has 1 aliphatic rings. The van der Waals surface area contributed by atoms with Crippen molar-refractivity contribution in [2.24, 2.45) is 11.1 Å². The van der Waals surface area contributed by atoms with Crippen LogP contribution in [-0.4, -0.2) is 18.4 Å². The maximum absolute atomic E-state index is 12.7. The fraction of sp³-hybridized carbons (Fsp3) is 0.944. The Bertz CT molecular complexity index is 587. The zero-order valence-electron chi connectivity index (χ0n) is 27.0. The van der Waals surface area contributed by atoms with Gasteiger partial charge in [-0.15, -0.1) is 0 Å². The predicted molar refractivity (Wildman–Crippen MR) is 173 cm³/mol. The molecule has 0 spiro atoms. The van der Waals surface area contributed by atoms with Gasteiger partial charge >= 0.3 is 0 Å². The van der Waals surface area contributed by atoms with E-state index in [0.29, 0.717) is 12.3 Å². The molecule has 0 unspecified atom stereocenters. The van der Waals surface area contributed by atoms with Crippen molar-refractivity contribution in [3.8, 4) is 0 Å². The number of hydrogen-bond donors (Lipinski definition) is 2. The minimum atomic E-state index is -0.162. The first-order valence-corrected chi connectivity index (χ1v) is 18.2. The van der Waals surface area contributed by atoms with Gasteiger partial charge in [0.1, 0.15) is 0 Å². The third-order valence-electron chi connectivity index (χ3n) is 9.23. The van der Waals surface area contributed by atoms with Gasteiger partial charge in [-0.1, -0.05) is 167 Å². The summed E-state index contributed by atoms with van der Waals surface area (Å²) < 4.78 is 0. The number of unbranched alkanes of at least 4 members (excludes halogenated alkanes) is 25. The van der Waals surface area contributed by atoms with E-state index < -0.39 is 0 Å². The van der Waals surface area contributed by atoms with Crippen LogP contribution in [0.15, 0.2) is 0 Å². The molecule has 0 heterocycles. The first-order valence-electron chi connectivity index (χ1n) is 18.2. The third-order valence-corrected chi connectivity index (χ3v) is 9.23. The summed E-state index contributed by atoms with van der Waals surface area (Å²) in [6.45, 7) is 3.17. The van der Waals surface area contributed by atoms with Crippen molar-refractivity contribution in [3.05, 3.63) is 0 Å². The van der Waals surface area contributed by atoms with E-state index >= 15 is 0 Å². The summed E-state index contributed by atoms with van der Waals surface area (Å²) in [4.78, 5) is 23.4. The summed E-state index contributed by atoms with van der Waals surface area (Å²) in [5.41, 5.74) is 5.19. The van der Waals surface area contributed by atoms with Crippen LogP contribution in [0.1, 0.15) is 206 Å². The minimum absolute atomic E-state index is 0.0185. The molecule has 4 nitrogen and oxygen atoms in total. The first kappa shape index (κ1) is 37.0. The number of carbonyl (C=O) groups is 2. The molecule has 0 aromatic carbocycles. The number of primary amides is 1. The van der Waals surface area contributed by atoms with Crippen LogP contribution >= 0.6 is 0 Å². The number of rotatable bonds is 32. The largest absolute Gasteiger partial charge is 0.370 e. The fourth-order valence-corrected chi connectivity index (χ4v) is 6.16. The molecule has 1 fully saturated rings. The average Bonchev–Trinajstić information content (AvgIpc) is 3.74. The maximum atomic E-state index is 12.7. The van der Waals surface area contributed by atoms with Crippen molar-refractivity contribution in [3.63, 3.8) is 0 Å².